The molecule has 1 heterocycles. The first kappa shape index (κ1) is 11.2. The van der Waals surface area contributed by atoms with E-state index in [1.165, 1.54) is 24.8 Å². The van der Waals surface area contributed by atoms with Crippen LogP contribution in [0.1, 0.15) is 37.7 Å². The van der Waals surface area contributed by atoms with Crippen molar-refractivity contribution in [3.8, 4) is 0 Å². The van der Waals surface area contributed by atoms with Crippen LogP contribution in [0, 0.1) is 17.8 Å². The minimum atomic E-state index is 0.596. The summed E-state index contributed by atoms with van der Waals surface area (Å²) >= 11 is 0. The summed E-state index contributed by atoms with van der Waals surface area (Å²) in [6.45, 7) is 2.35. The molecular formula is C15H22N2. The maximum Gasteiger partial charge on any atom is 0.0270 e. The van der Waals surface area contributed by atoms with E-state index in [9.17, 15) is 0 Å². The molecule has 1 aromatic heterocycles. The van der Waals surface area contributed by atoms with Gasteiger partial charge < -0.3 is 5.32 Å². The zero-order valence-corrected chi connectivity index (χ0v) is 10.8. The molecule has 0 amide bonds. The highest BCUT2D eigenvalue weighted by Gasteiger charge is 2.56. The van der Waals surface area contributed by atoms with Crippen LogP contribution in [0.5, 0.6) is 0 Å². The van der Waals surface area contributed by atoms with Gasteiger partial charge >= 0.3 is 0 Å². The van der Waals surface area contributed by atoms with Crippen LogP contribution in [0.15, 0.2) is 24.5 Å². The van der Waals surface area contributed by atoms with E-state index in [1.54, 1.807) is 0 Å². The Hall–Kier alpha value is -0.890. The van der Waals surface area contributed by atoms with Crippen LogP contribution in [-0.4, -0.2) is 18.1 Å². The summed E-state index contributed by atoms with van der Waals surface area (Å²) in [5.41, 5.74) is 1.42. The first-order chi connectivity index (χ1) is 8.33. The molecule has 4 atom stereocenters. The largest absolute Gasteiger partial charge is 0.316 e. The van der Waals surface area contributed by atoms with Crippen LogP contribution < -0.4 is 5.32 Å². The number of pyridine rings is 1. The smallest absolute Gasteiger partial charge is 0.0270 e. The molecule has 1 N–H and O–H groups in total. The van der Waals surface area contributed by atoms with E-state index in [0.29, 0.717) is 12.0 Å². The fourth-order valence-corrected chi connectivity index (χ4v) is 4.06. The highest BCUT2D eigenvalue weighted by Crippen LogP contribution is 2.60. The van der Waals surface area contributed by atoms with Crippen LogP contribution in [0.25, 0.3) is 0 Å². The molecule has 0 aromatic carbocycles. The van der Waals surface area contributed by atoms with Gasteiger partial charge in [0.2, 0.25) is 0 Å². The second-order valence-electron chi connectivity index (χ2n) is 5.72. The van der Waals surface area contributed by atoms with Crippen LogP contribution >= 0.6 is 0 Å². The van der Waals surface area contributed by atoms with Crippen LogP contribution in [-0.2, 0) is 0 Å². The number of rotatable bonds is 4. The number of nitrogens with zero attached hydrogens (tertiary/aromatic N) is 1. The van der Waals surface area contributed by atoms with Gasteiger partial charge in [0.25, 0.3) is 0 Å². The molecular weight excluding hydrogens is 208 g/mol. The Morgan fingerprint density at radius 2 is 1.88 bits per heavy atom. The standard InChI is InChI=1S/C15H22N2/c1-10(11-6-8-17-9-7-11)15(16-2)14-12-4-3-5-13(12)14/h6-10,12-16H,3-5H2,1-2H3. The molecule has 2 heteroatoms. The van der Waals surface area contributed by atoms with Gasteiger partial charge in [-0.2, -0.15) is 0 Å². The van der Waals surface area contributed by atoms with E-state index in [0.717, 1.165) is 17.8 Å². The van der Waals surface area contributed by atoms with E-state index in [-0.39, 0.29) is 0 Å². The van der Waals surface area contributed by atoms with Gasteiger partial charge in [-0.1, -0.05) is 13.3 Å². The highest BCUT2D eigenvalue weighted by molar-refractivity contribution is 5.20. The Labute approximate surface area is 104 Å². The van der Waals surface area contributed by atoms with E-state index >= 15 is 0 Å². The second-order valence-corrected chi connectivity index (χ2v) is 5.72. The molecule has 0 spiro atoms. The summed E-state index contributed by atoms with van der Waals surface area (Å²) in [6, 6.07) is 4.97. The van der Waals surface area contributed by atoms with Gasteiger partial charge in [-0.25, -0.2) is 0 Å². The van der Waals surface area contributed by atoms with Gasteiger partial charge in [-0.05, 0) is 61.3 Å². The highest BCUT2D eigenvalue weighted by atomic mass is 14.9. The number of likely N-dealkylation sites (N-methyl/N-ethyl adjacent to an activating group) is 1. The predicted octanol–water partition coefficient (Wildman–Crippen LogP) is 2.82. The van der Waals surface area contributed by atoms with Crippen molar-refractivity contribution in [2.75, 3.05) is 7.05 Å². The normalized spacial score (nSPS) is 34.1. The molecule has 2 fully saturated rings. The van der Waals surface area contributed by atoms with E-state index in [4.69, 9.17) is 0 Å². The molecule has 92 valence electrons. The molecule has 0 aliphatic heterocycles. The third kappa shape index (κ3) is 1.89. The molecule has 0 bridgehead atoms. The lowest BCUT2D eigenvalue weighted by Gasteiger charge is -2.25. The predicted molar refractivity (Wildman–Crippen MR) is 69.8 cm³/mol. The molecule has 0 saturated heterocycles. The van der Waals surface area contributed by atoms with Gasteiger partial charge in [0.1, 0.15) is 0 Å². The van der Waals surface area contributed by atoms with Crippen molar-refractivity contribution in [2.45, 2.75) is 38.1 Å². The monoisotopic (exact) mass is 230 g/mol. The van der Waals surface area contributed by atoms with E-state index in [1.807, 2.05) is 12.4 Å². The first-order valence-corrected chi connectivity index (χ1v) is 6.90. The number of hydrogen-bond donors (Lipinski definition) is 1. The summed E-state index contributed by atoms with van der Waals surface area (Å²) in [7, 11) is 2.12. The Bertz CT molecular complexity index is 366. The van der Waals surface area contributed by atoms with Gasteiger partial charge in [0.15, 0.2) is 0 Å². The lowest BCUT2D eigenvalue weighted by molar-refractivity contribution is 0.384. The maximum atomic E-state index is 4.11. The average molecular weight is 230 g/mol. The Morgan fingerprint density at radius 1 is 1.24 bits per heavy atom. The second kappa shape index (κ2) is 4.41. The summed E-state index contributed by atoms with van der Waals surface area (Å²) in [4.78, 5) is 4.11. The van der Waals surface area contributed by atoms with Crippen molar-refractivity contribution in [2.24, 2.45) is 17.8 Å². The zero-order chi connectivity index (χ0) is 11.8. The summed E-state index contributed by atoms with van der Waals surface area (Å²) in [5.74, 6) is 3.57. The molecule has 17 heavy (non-hydrogen) atoms. The van der Waals surface area contributed by atoms with Crippen molar-refractivity contribution in [3.63, 3.8) is 0 Å². The third-order valence-electron chi connectivity index (χ3n) is 4.99. The van der Waals surface area contributed by atoms with Gasteiger partial charge in [0, 0.05) is 18.4 Å². The molecule has 0 radical (unpaired) electrons. The number of nitrogens with one attached hydrogen (secondary N) is 1. The van der Waals surface area contributed by atoms with Crippen LogP contribution in [0.2, 0.25) is 0 Å². The molecule has 3 rings (SSSR count). The molecule has 2 nitrogen and oxygen atoms in total. The van der Waals surface area contributed by atoms with Gasteiger partial charge in [-0.3, -0.25) is 4.98 Å². The topological polar surface area (TPSA) is 24.9 Å². The molecule has 2 saturated carbocycles. The third-order valence-corrected chi connectivity index (χ3v) is 4.99. The summed E-state index contributed by atoms with van der Waals surface area (Å²) < 4.78 is 0. The maximum absolute atomic E-state index is 4.11. The van der Waals surface area contributed by atoms with Gasteiger partial charge in [-0.15, -0.1) is 0 Å². The Balaban J connectivity index is 1.73. The minimum absolute atomic E-state index is 0.596. The Kier molecular flexibility index (Phi) is 2.91. The van der Waals surface area contributed by atoms with Crippen molar-refractivity contribution in [1.29, 1.82) is 0 Å². The molecule has 1 aromatic rings. The van der Waals surface area contributed by atoms with Crippen LogP contribution in [0.4, 0.5) is 0 Å². The number of aromatic nitrogens is 1. The van der Waals surface area contributed by atoms with Crippen molar-refractivity contribution in [3.05, 3.63) is 30.1 Å². The van der Waals surface area contributed by atoms with Crippen molar-refractivity contribution >= 4 is 0 Å². The van der Waals surface area contributed by atoms with E-state index in [2.05, 4.69) is 36.4 Å². The molecule has 2 aliphatic rings. The van der Waals surface area contributed by atoms with Crippen molar-refractivity contribution < 1.29 is 0 Å². The first-order valence-electron chi connectivity index (χ1n) is 6.90. The number of fused-ring (bicyclic) bond motifs is 1. The van der Waals surface area contributed by atoms with Crippen LogP contribution in [0.3, 0.4) is 0 Å². The fraction of sp³-hybridized carbons (Fsp3) is 0.667. The zero-order valence-electron chi connectivity index (χ0n) is 10.8. The van der Waals surface area contributed by atoms with Gasteiger partial charge in [0.05, 0.1) is 0 Å². The lowest BCUT2D eigenvalue weighted by atomic mass is 9.88. The summed E-state index contributed by atoms with van der Waals surface area (Å²) in [5, 5.41) is 3.57. The average Bonchev–Trinajstić information content (AvgIpc) is 2.85. The summed E-state index contributed by atoms with van der Waals surface area (Å²) in [6.07, 6.45) is 8.22. The van der Waals surface area contributed by atoms with Crippen molar-refractivity contribution in [1.82, 2.24) is 10.3 Å². The Morgan fingerprint density at radius 3 is 2.47 bits per heavy atom. The molecule has 2 aliphatic carbocycles. The lowest BCUT2D eigenvalue weighted by Crippen LogP contribution is -2.34. The quantitative estimate of drug-likeness (QED) is 0.860. The molecule has 4 unspecified atom stereocenters. The minimum Gasteiger partial charge on any atom is -0.316 e. The fourth-order valence-electron chi connectivity index (χ4n) is 4.06. The number of hydrogen-bond acceptors (Lipinski definition) is 2. The van der Waals surface area contributed by atoms with E-state index < -0.39 is 0 Å². The SMILES string of the molecule is CNC(C(C)c1ccncc1)C1C2CCCC21.